The number of nitriles is 1. The van der Waals surface area contributed by atoms with Gasteiger partial charge in [0.05, 0.1) is 11.5 Å². The number of nitrogens with zero attached hydrogens (tertiary/aromatic N) is 1. The molecular formula is C12H14BrN. The highest BCUT2D eigenvalue weighted by Crippen LogP contribution is 2.24. The lowest BCUT2D eigenvalue weighted by atomic mass is 9.88. The molecule has 1 aromatic carbocycles. The summed E-state index contributed by atoms with van der Waals surface area (Å²) < 4.78 is 1.13. The van der Waals surface area contributed by atoms with Crippen LogP contribution in [0.3, 0.4) is 0 Å². The maximum atomic E-state index is 8.88. The van der Waals surface area contributed by atoms with Gasteiger partial charge in [0.1, 0.15) is 0 Å². The highest BCUT2D eigenvalue weighted by atomic mass is 79.9. The van der Waals surface area contributed by atoms with Gasteiger partial charge in [-0.25, -0.2) is 0 Å². The van der Waals surface area contributed by atoms with Gasteiger partial charge >= 0.3 is 0 Å². The van der Waals surface area contributed by atoms with Gasteiger partial charge in [-0.2, -0.15) is 5.26 Å². The molecule has 0 aliphatic rings. The zero-order valence-electron chi connectivity index (χ0n) is 8.55. The molecule has 0 aliphatic carbocycles. The summed E-state index contributed by atoms with van der Waals surface area (Å²) in [6, 6.07) is 10.5. The zero-order valence-corrected chi connectivity index (χ0v) is 10.1. The van der Waals surface area contributed by atoms with Crippen molar-refractivity contribution in [3.63, 3.8) is 0 Å². The normalized spacial score (nSPS) is 11.0. The maximum absolute atomic E-state index is 8.88. The minimum atomic E-state index is -0.227. The Morgan fingerprint density at radius 3 is 2.57 bits per heavy atom. The van der Waals surface area contributed by atoms with Gasteiger partial charge in [-0.3, -0.25) is 0 Å². The van der Waals surface area contributed by atoms with E-state index < -0.39 is 0 Å². The lowest BCUT2D eigenvalue weighted by Crippen LogP contribution is -2.09. The lowest BCUT2D eigenvalue weighted by Gasteiger charge is -2.14. The molecule has 0 heterocycles. The highest BCUT2D eigenvalue weighted by Gasteiger charge is 2.16. The van der Waals surface area contributed by atoms with E-state index in [1.54, 1.807) is 0 Å². The molecule has 0 saturated carbocycles. The summed E-state index contributed by atoms with van der Waals surface area (Å²) >= 11 is 3.50. The van der Waals surface area contributed by atoms with E-state index in [2.05, 4.69) is 28.1 Å². The minimum absolute atomic E-state index is 0.227. The van der Waals surface area contributed by atoms with E-state index in [0.717, 1.165) is 17.3 Å². The van der Waals surface area contributed by atoms with E-state index in [0.29, 0.717) is 0 Å². The van der Waals surface area contributed by atoms with Crippen LogP contribution in [0.25, 0.3) is 0 Å². The Morgan fingerprint density at radius 1 is 1.36 bits per heavy atom. The molecule has 0 spiro atoms. The van der Waals surface area contributed by atoms with E-state index in [1.165, 1.54) is 5.56 Å². The Bertz CT molecular complexity index is 350. The summed E-state index contributed by atoms with van der Waals surface area (Å²) in [5, 5.41) is 8.88. The molecule has 0 aromatic heterocycles. The Balaban J connectivity index is 2.64. The molecular weight excluding hydrogens is 238 g/mol. The largest absolute Gasteiger partial charge is 0.198 e. The summed E-state index contributed by atoms with van der Waals surface area (Å²) in [5.41, 5.74) is 1.05. The van der Waals surface area contributed by atoms with E-state index in [4.69, 9.17) is 5.26 Å². The fraction of sp³-hybridized carbons (Fsp3) is 0.417. The number of rotatable bonds is 3. The Labute approximate surface area is 93.9 Å². The van der Waals surface area contributed by atoms with Crippen molar-refractivity contribution in [1.82, 2.24) is 0 Å². The smallest absolute Gasteiger partial charge is 0.0684 e. The maximum Gasteiger partial charge on any atom is 0.0684 e. The van der Waals surface area contributed by atoms with Crippen LogP contribution in [0.4, 0.5) is 0 Å². The van der Waals surface area contributed by atoms with Crippen molar-refractivity contribution in [3.05, 3.63) is 34.3 Å². The van der Waals surface area contributed by atoms with Gasteiger partial charge < -0.3 is 0 Å². The van der Waals surface area contributed by atoms with Crippen LogP contribution in [0.15, 0.2) is 28.7 Å². The number of hydrogen-bond acceptors (Lipinski definition) is 1. The highest BCUT2D eigenvalue weighted by molar-refractivity contribution is 9.10. The molecule has 0 radical (unpaired) electrons. The third-order valence-electron chi connectivity index (χ3n) is 2.28. The molecule has 1 rings (SSSR count). The molecule has 2 heteroatoms. The summed E-state index contributed by atoms with van der Waals surface area (Å²) in [6.07, 6.45) is 1.84. The van der Waals surface area contributed by atoms with Gasteiger partial charge in [-0.05, 0) is 38.3 Å². The second kappa shape index (κ2) is 4.61. The standard InChI is InChI=1S/C12H14BrN/c1-12(2,9-14)8-7-10-5-3-4-6-11(10)13/h3-6H,7-8H2,1-2H3. The van der Waals surface area contributed by atoms with Crippen LogP contribution in [-0.2, 0) is 6.42 Å². The molecule has 1 aromatic rings. The van der Waals surface area contributed by atoms with Crippen LogP contribution in [0.1, 0.15) is 25.8 Å². The van der Waals surface area contributed by atoms with Gasteiger partial charge in [0.15, 0.2) is 0 Å². The van der Waals surface area contributed by atoms with E-state index in [9.17, 15) is 0 Å². The van der Waals surface area contributed by atoms with Crippen molar-refractivity contribution in [2.75, 3.05) is 0 Å². The summed E-state index contributed by atoms with van der Waals surface area (Å²) in [7, 11) is 0. The summed E-state index contributed by atoms with van der Waals surface area (Å²) in [5.74, 6) is 0. The van der Waals surface area contributed by atoms with Crippen molar-refractivity contribution >= 4 is 15.9 Å². The van der Waals surface area contributed by atoms with E-state index >= 15 is 0 Å². The molecule has 74 valence electrons. The third-order valence-corrected chi connectivity index (χ3v) is 3.05. The monoisotopic (exact) mass is 251 g/mol. The minimum Gasteiger partial charge on any atom is -0.198 e. The van der Waals surface area contributed by atoms with Gasteiger partial charge in [-0.15, -0.1) is 0 Å². The number of benzene rings is 1. The molecule has 0 aliphatic heterocycles. The molecule has 14 heavy (non-hydrogen) atoms. The van der Waals surface area contributed by atoms with Crippen LogP contribution in [-0.4, -0.2) is 0 Å². The second-order valence-corrected chi connectivity index (χ2v) is 4.94. The molecule has 0 amide bonds. The van der Waals surface area contributed by atoms with Crippen LogP contribution in [0, 0.1) is 16.7 Å². The first kappa shape index (κ1) is 11.3. The zero-order chi connectivity index (χ0) is 10.6. The van der Waals surface area contributed by atoms with Gasteiger partial charge in [0.25, 0.3) is 0 Å². The summed E-state index contributed by atoms with van der Waals surface area (Å²) in [4.78, 5) is 0. The van der Waals surface area contributed by atoms with Crippen molar-refractivity contribution in [2.24, 2.45) is 5.41 Å². The first-order valence-corrected chi connectivity index (χ1v) is 5.49. The van der Waals surface area contributed by atoms with Gasteiger partial charge in [0.2, 0.25) is 0 Å². The molecule has 1 nitrogen and oxygen atoms in total. The predicted octanol–water partition coefficient (Wildman–Crippen LogP) is 3.93. The topological polar surface area (TPSA) is 23.8 Å². The van der Waals surface area contributed by atoms with Gasteiger partial charge in [-0.1, -0.05) is 34.1 Å². The Hall–Kier alpha value is -0.810. The second-order valence-electron chi connectivity index (χ2n) is 4.09. The Kier molecular flexibility index (Phi) is 3.71. The predicted molar refractivity (Wildman–Crippen MR) is 61.9 cm³/mol. The molecule has 0 N–H and O–H groups in total. The SMILES string of the molecule is CC(C)(C#N)CCc1ccccc1Br. The molecule has 0 atom stereocenters. The lowest BCUT2D eigenvalue weighted by molar-refractivity contribution is 0.452. The van der Waals surface area contributed by atoms with Crippen molar-refractivity contribution in [1.29, 1.82) is 5.26 Å². The fourth-order valence-corrected chi connectivity index (χ4v) is 1.69. The molecule has 0 saturated heterocycles. The first-order valence-electron chi connectivity index (χ1n) is 4.70. The van der Waals surface area contributed by atoms with E-state index in [-0.39, 0.29) is 5.41 Å². The van der Waals surface area contributed by atoms with Crippen LogP contribution < -0.4 is 0 Å². The van der Waals surface area contributed by atoms with E-state index in [1.807, 2.05) is 32.0 Å². The van der Waals surface area contributed by atoms with Crippen molar-refractivity contribution in [2.45, 2.75) is 26.7 Å². The Morgan fingerprint density at radius 2 is 2.00 bits per heavy atom. The molecule has 0 bridgehead atoms. The van der Waals surface area contributed by atoms with Crippen molar-refractivity contribution in [3.8, 4) is 6.07 Å². The fourth-order valence-electron chi connectivity index (χ4n) is 1.20. The van der Waals surface area contributed by atoms with Crippen LogP contribution in [0.2, 0.25) is 0 Å². The van der Waals surface area contributed by atoms with Gasteiger partial charge in [0, 0.05) is 4.47 Å². The van der Waals surface area contributed by atoms with Crippen molar-refractivity contribution < 1.29 is 0 Å². The number of hydrogen-bond donors (Lipinski definition) is 0. The average Bonchev–Trinajstić information content (AvgIpc) is 2.17. The molecule has 0 unspecified atom stereocenters. The van der Waals surface area contributed by atoms with Crippen LogP contribution >= 0.6 is 15.9 Å². The number of halogens is 1. The quantitative estimate of drug-likeness (QED) is 0.799. The van der Waals surface area contributed by atoms with Crippen LogP contribution in [0.5, 0.6) is 0 Å². The summed E-state index contributed by atoms with van der Waals surface area (Å²) in [6.45, 7) is 3.95. The third kappa shape index (κ3) is 3.16. The number of aryl methyl sites for hydroxylation is 1. The first-order chi connectivity index (χ1) is 6.55. The average molecular weight is 252 g/mol. The molecule has 0 fully saturated rings.